The topological polar surface area (TPSA) is 42.4 Å². The molecule has 1 aromatic heterocycles. The standard InChI is InChI=1S/C20H22N2O2S/c23-19(16-11-13-7-8-14(16)10-13)22(12-15-4-3-9-24-15)20-21-17-5-1-2-6-18(17)25-20/h1-2,5-8,13-16H,3-4,9-12H2. The summed E-state index contributed by atoms with van der Waals surface area (Å²) in [5.74, 6) is 1.37. The van der Waals surface area contributed by atoms with Crippen LogP contribution in [-0.2, 0) is 9.53 Å². The molecular weight excluding hydrogens is 332 g/mol. The van der Waals surface area contributed by atoms with Crippen molar-refractivity contribution in [2.75, 3.05) is 18.1 Å². The van der Waals surface area contributed by atoms with Crippen LogP contribution in [0.2, 0.25) is 0 Å². The number of nitrogens with zero attached hydrogens (tertiary/aromatic N) is 2. The second-order valence-electron chi connectivity index (χ2n) is 7.43. The van der Waals surface area contributed by atoms with E-state index in [9.17, 15) is 4.79 Å². The fraction of sp³-hybridized carbons (Fsp3) is 0.500. The highest BCUT2D eigenvalue weighted by molar-refractivity contribution is 7.22. The van der Waals surface area contributed by atoms with Crippen molar-refractivity contribution in [3.05, 3.63) is 36.4 Å². The molecule has 25 heavy (non-hydrogen) atoms. The number of rotatable bonds is 4. The number of amides is 1. The first kappa shape index (κ1) is 15.5. The van der Waals surface area contributed by atoms with E-state index in [0.29, 0.717) is 18.4 Å². The maximum atomic E-state index is 13.4. The maximum absolute atomic E-state index is 13.4. The molecule has 4 unspecified atom stereocenters. The Bertz CT molecular complexity index is 791. The molecule has 1 amide bonds. The molecule has 1 saturated carbocycles. The Balaban J connectivity index is 1.47. The fourth-order valence-electron chi connectivity index (χ4n) is 4.49. The predicted molar refractivity (Wildman–Crippen MR) is 99.8 cm³/mol. The molecule has 1 saturated heterocycles. The average Bonchev–Trinajstić information content (AvgIpc) is 3.42. The highest BCUT2D eigenvalue weighted by atomic mass is 32.1. The van der Waals surface area contributed by atoms with Gasteiger partial charge in [-0.15, -0.1) is 0 Å². The van der Waals surface area contributed by atoms with Gasteiger partial charge in [0.05, 0.1) is 22.9 Å². The van der Waals surface area contributed by atoms with Crippen LogP contribution in [0.25, 0.3) is 10.2 Å². The van der Waals surface area contributed by atoms with Gasteiger partial charge in [-0.3, -0.25) is 9.69 Å². The lowest BCUT2D eigenvalue weighted by Crippen LogP contribution is -2.42. The number of fused-ring (bicyclic) bond motifs is 3. The summed E-state index contributed by atoms with van der Waals surface area (Å²) in [5.41, 5.74) is 0.973. The van der Waals surface area contributed by atoms with Gasteiger partial charge in [0.25, 0.3) is 0 Å². The molecule has 2 heterocycles. The third-order valence-electron chi connectivity index (χ3n) is 5.79. The summed E-state index contributed by atoms with van der Waals surface area (Å²) in [6, 6.07) is 8.12. The Kier molecular flexibility index (Phi) is 3.86. The van der Waals surface area contributed by atoms with E-state index < -0.39 is 0 Å². The SMILES string of the molecule is O=C(C1CC2C=CC1C2)N(CC1CCCO1)c1nc2ccccc2s1. The van der Waals surface area contributed by atoms with Crippen LogP contribution in [0.5, 0.6) is 0 Å². The van der Waals surface area contributed by atoms with E-state index in [0.717, 1.165) is 47.6 Å². The molecular formula is C20H22N2O2S. The summed E-state index contributed by atoms with van der Waals surface area (Å²) < 4.78 is 6.96. The van der Waals surface area contributed by atoms with Crippen molar-refractivity contribution in [2.45, 2.75) is 31.8 Å². The smallest absolute Gasteiger partial charge is 0.232 e. The van der Waals surface area contributed by atoms with Crippen molar-refractivity contribution in [3.8, 4) is 0 Å². The first-order valence-corrected chi connectivity index (χ1v) is 10.1. The summed E-state index contributed by atoms with van der Waals surface area (Å²) in [7, 11) is 0. The number of thiazole rings is 1. The Morgan fingerprint density at radius 1 is 1.28 bits per heavy atom. The van der Waals surface area contributed by atoms with Crippen LogP contribution >= 0.6 is 11.3 Å². The summed E-state index contributed by atoms with van der Waals surface area (Å²) in [4.78, 5) is 20.1. The van der Waals surface area contributed by atoms with Crippen molar-refractivity contribution in [1.29, 1.82) is 0 Å². The Morgan fingerprint density at radius 3 is 2.92 bits per heavy atom. The van der Waals surface area contributed by atoms with Gasteiger partial charge in [-0.2, -0.15) is 0 Å². The van der Waals surface area contributed by atoms with Crippen LogP contribution in [0, 0.1) is 17.8 Å². The molecule has 1 aliphatic heterocycles. The van der Waals surface area contributed by atoms with Gasteiger partial charge in [-0.1, -0.05) is 35.6 Å². The average molecular weight is 354 g/mol. The summed E-state index contributed by atoms with van der Waals surface area (Å²) >= 11 is 1.62. The van der Waals surface area contributed by atoms with E-state index in [2.05, 4.69) is 18.2 Å². The van der Waals surface area contributed by atoms with Gasteiger partial charge in [0, 0.05) is 12.5 Å². The van der Waals surface area contributed by atoms with Crippen molar-refractivity contribution < 1.29 is 9.53 Å². The molecule has 4 atom stereocenters. The second kappa shape index (κ2) is 6.22. The van der Waals surface area contributed by atoms with Crippen LogP contribution in [0.4, 0.5) is 5.13 Å². The van der Waals surface area contributed by atoms with E-state index in [1.54, 1.807) is 11.3 Å². The lowest BCUT2D eigenvalue weighted by Gasteiger charge is -2.28. The molecule has 2 fully saturated rings. The molecule has 2 aliphatic carbocycles. The zero-order chi connectivity index (χ0) is 16.8. The van der Waals surface area contributed by atoms with E-state index in [-0.39, 0.29) is 17.9 Å². The Morgan fingerprint density at radius 2 is 2.20 bits per heavy atom. The molecule has 0 radical (unpaired) electrons. The monoisotopic (exact) mass is 354 g/mol. The van der Waals surface area contributed by atoms with Gasteiger partial charge in [-0.25, -0.2) is 4.98 Å². The number of hydrogen-bond donors (Lipinski definition) is 0. The highest BCUT2D eigenvalue weighted by Gasteiger charge is 2.42. The molecule has 130 valence electrons. The van der Waals surface area contributed by atoms with Crippen LogP contribution in [0.1, 0.15) is 25.7 Å². The largest absolute Gasteiger partial charge is 0.376 e. The Labute approximate surface area is 151 Å². The maximum Gasteiger partial charge on any atom is 0.232 e. The second-order valence-corrected chi connectivity index (χ2v) is 8.44. The highest BCUT2D eigenvalue weighted by Crippen LogP contribution is 2.45. The van der Waals surface area contributed by atoms with Crippen molar-refractivity contribution >= 4 is 32.6 Å². The van der Waals surface area contributed by atoms with Gasteiger partial charge in [0.1, 0.15) is 0 Å². The minimum absolute atomic E-state index is 0.114. The predicted octanol–water partition coefficient (Wildman–Crippen LogP) is 4.02. The van der Waals surface area contributed by atoms with E-state index in [1.165, 1.54) is 0 Å². The molecule has 0 N–H and O–H groups in total. The fourth-order valence-corrected chi connectivity index (χ4v) is 5.47. The van der Waals surface area contributed by atoms with Crippen LogP contribution in [0.3, 0.4) is 0 Å². The lowest BCUT2D eigenvalue weighted by atomic mass is 9.92. The number of carbonyl (C=O) groups is 1. The van der Waals surface area contributed by atoms with E-state index in [1.807, 2.05) is 23.1 Å². The quantitative estimate of drug-likeness (QED) is 0.779. The number of allylic oxidation sites excluding steroid dienone is 2. The van der Waals surface area contributed by atoms with Gasteiger partial charge in [-0.05, 0) is 49.7 Å². The number of aromatic nitrogens is 1. The first-order valence-electron chi connectivity index (χ1n) is 9.25. The molecule has 2 aromatic rings. The van der Waals surface area contributed by atoms with Gasteiger partial charge >= 0.3 is 0 Å². The third kappa shape index (κ3) is 2.79. The first-order chi connectivity index (χ1) is 12.3. The minimum Gasteiger partial charge on any atom is -0.376 e. The molecule has 4 nitrogen and oxygen atoms in total. The number of para-hydroxylation sites is 1. The zero-order valence-corrected chi connectivity index (χ0v) is 15.0. The summed E-state index contributed by atoms with van der Waals surface area (Å²) in [6.45, 7) is 1.44. The lowest BCUT2D eigenvalue weighted by molar-refractivity contribution is -0.123. The molecule has 1 aromatic carbocycles. The van der Waals surface area contributed by atoms with Crippen LogP contribution in [-0.4, -0.2) is 30.1 Å². The summed E-state index contributed by atoms with van der Waals surface area (Å²) in [5, 5.41) is 0.827. The molecule has 5 heteroatoms. The van der Waals surface area contributed by atoms with Crippen LogP contribution < -0.4 is 4.90 Å². The summed E-state index contributed by atoms with van der Waals surface area (Å²) in [6.07, 6.45) is 8.94. The number of benzene rings is 1. The minimum atomic E-state index is 0.114. The number of carbonyl (C=O) groups excluding carboxylic acids is 1. The van der Waals surface area contributed by atoms with Crippen molar-refractivity contribution in [3.63, 3.8) is 0 Å². The van der Waals surface area contributed by atoms with Crippen molar-refractivity contribution in [2.24, 2.45) is 17.8 Å². The van der Waals surface area contributed by atoms with Gasteiger partial charge in [0.2, 0.25) is 5.91 Å². The van der Waals surface area contributed by atoms with Crippen LogP contribution in [0.15, 0.2) is 36.4 Å². The van der Waals surface area contributed by atoms with Crippen molar-refractivity contribution in [1.82, 2.24) is 4.98 Å². The molecule has 5 rings (SSSR count). The molecule has 0 spiro atoms. The Hall–Kier alpha value is -1.72. The van der Waals surface area contributed by atoms with E-state index in [4.69, 9.17) is 9.72 Å². The van der Waals surface area contributed by atoms with Gasteiger partial charge in [0.15, 0.2) is 5.13 Å². The van der Waals surface area contributed by atoms with E-state index >= 15 is 0 Å². The number of ether oxygens (including phenoxy) is 1. The number of anilines is 1. The number of hydrogen-bond acceptors (Lipinski definition) is 4. The zero-order valence-electron chi connectivity index (χ0n) is 14.1. The third-order valence-corrected chi connectivity index (χ3v) is 6.85. The normalized spacial score (nSPS) is 30.4. The molecule has 3 aliphatic rings. The van der Waals surface area contributed by atoms with Gasteiger partial charge < -0.3 is 4.74 Å². The molecule has 2 bridgehead atoms.